The van der Waals surface area contributed by atoms with E-state index < -0.39 is 0 Å². The maximum Gasteiger partial charge on any atom is 0.267 e. The predicted octanol–water partition coefficient (Wildman–Crippen LogP) is 0.797. The van der Waals surface area contributed by atoms with E-state index in [1.54, 1.807) is 12.3 Å². The molecule has 0 unspecified atom stereocenters. The lowest BCUT2D eigenvalue weighted by molar-refractivity contribution is 0.0866. The highest BCUT2D eigenvalue weighted by Crippen LogP contribution is 2.08. The molecule has 1 amide bonds. The molecule has 0 spiro atoms. The van der Waals surface area contributed by atoms with Gasteiger partial charge in [-0.05, 0) is 12.5 Å². The van der Waals surface area contributed by atoms with Crippen LogP contribution in [0.3, 0.4) is 0 Å². The molecule has 5 nitrogen and oxygen atoms in total. The number of carbonyl (C=O) groups excluding carboxylic acids is 1. The van der Waals surface area contributed by atoms with E-state index in [4.69, 9.17) is 21.4 Å². The van der Waals surface area contributed by atoms with Crippen molar-refractivity contribution in [2.75, 3.05) is 26.4 Å². The second-order valence-electron chi connectivity index (χ2n) is 3.18. The maximum atomic E-state index is 11.5. The first-order chi connectivity index (χ1) is 7.74. The Labute approximate surface area is 98.8 Å². The number of aliphatic hydroxyl groups is 1. The van der Waals surface area contributed by atoms with Crippen molar-refractivity contribution < 1.29 is 14.6 Å². The molecule has 0 radical (unpaired) electrons. The number of H-pyrrole nitrogens is 1. The highest BCUT2D eigenvalue weighted by Gasteiger charge is 2.06. The summed E-state index contributed by atoms with van der Waals surface area (Å²) in [5.41, 5.74) is 0.446. The Balaban J connectivity index is 2.11. The fourth-order valence-electron chi connectivity index (χ4n) is 1.14. The summed E-state index contributed by atoms with van der Waals surface area (Å²) in [5.74, 6) is -0.186. The molecule has 0 atom stereocenters. The molecule has 1 aromatic heterocycles. The third kappa shape index (κ3) is 4.65. The molecule has 0 aliphatic rings. The summed E-state index contributed by atoms with van der Waals surface area (Å²) in [6, 6.07) is 1.57. The molecule has 0 aromatic carbocycles. The first kappa shape index (κ1) is 13.0. The number of aromatic nitrogens is 1. The smallest absolute Gasteiger partial charge is 0.267 e. The van der Waals surface area contributed by atoms with Crippen LogP contribution in [0.2, 0.25) is 5.02 Å². The molecular formula is C10H15ClN2O3. The Morgan fingerprint density at radius 1 is 1.56 bits per heavy atom. The lowest BCUT2D eigenvalue weighted by Crippen LogP contribution is -2.25. The third-order valence-electron chi connectivity index (χ3n) is 1.88. The first-order valence-electron chi connectivity index (χ1n) is 5.04. The Morgan fingerprint density at radius 3 is 3.00 bits per heavy atom. The van der Waals surface area contributed by atoms with Gasteiger partial charge in [-0.25, -0.2) is 0 Å². The van der Waals surface area contributed by atoms with Crippen molar-refractivity contribution in [1.29, 1.82) is 0 Å². The number of halogens is 1. The van der Waals surface area contributed by atoms with Gasteiger partial charge < -0.3 is 20.1 Å². The largest absolute Gasteiger partial charge is 0.394 e. The number of hydrogen-bond acceptors (Lipinski definition) is 3. The molecule has 90 valence electrons. The van der Waals surface area contributed by atoms with E-state index >= 15 is 0 Å². The topological polar surface area (TPSA) is 74.3 Å². The van der Waals surface area contributed by atoms with Gasteiger partial charge in [0.25, 0.3) is 5.91 Å². The van der Waals surface area contributed by atoms with E-state index in [9.17, 15) is 4.79 Å². The Morgan fingerprint density at radius 2 is 2.38 bits per heavy atom. The van der Waals surface area contributed by atoms with Crippen LogP contribution < -0.4 is 5.32 Å². The standard InChI is InChI=1S/C10H15ClN2O3/c11-8-6-9(13-7-8)10(15)12-2-1-4-16-5-3-14/h6-7,13-14H,1-5H2,(H,12,15). The summed E-state index contributed by atoms with van der Waals surface area (Å²) in [7, 11) is 0. The van der Waals surface area contributed by atoms with E-state index in [1.807, 2.05) is 0 Å². The molecule has 6 heteroatoms. The van der Waals surface area contributed by atoms with Crippen LogP contribution >= 0.6 is 11.6 Å². The maximum absolute atomic E-state index is 11.5. The van der Waals surface area contributed by atoms with Gasteiger partial charge in [-0.2, -0.15) is 0 Å². The van der Waals surface area contributed by atoms with Crippen LogP contribution in [0.4, 0.5) is 0 Å². The monoisotopic (exact) mass is 246 g/mol. The number of aromatic amines is 1. The van der Waals surface area contributed by atoms with Crippen molar-refractivity contribution in [2.24, 2.45) is 0 Å². The minimum absolute atomic E-state index is 0.0212. The third-order valence-corrected chi connectivity index (χ3v) is 2.10. The molecule has 1 aromatic rings. The molecule has 0 bridgehead atoms. The Bertz CT molecular complexity index is 328. The van der Waals surface area contributed by atoms with Crippen molar-refractivity contribution in [3.05, 3.63) is 23.0 Å². The predicted molar refractivity (Wildman–Crippen MR) is 60.7 cm³/mol. The number of amides is 1. The summed E-state index contributed by atoms with van der Waals surface area (Å²) in [4.78, 5) is 14.2. The normalized spacial score (nSPS) is 10.4. The minimum Gasteiger partial charge on any atom is -0.394 e. The fraction of sp³-hybridized carbons (Fsp3) is 0.500. The van der Waals surface area contributed by atoms with Crippen LogP contribution in [0, 0.1) is 0 Å². The summed E-state index contributed by atoms with van der Waals surface area (Å²) in [6.07, 6.45) is 2.26. The molecule has 1 heterocycles. The van der Waals surface area contributed by atoms with Crippen molar-refractivity contribution in [3.63, 3.8) is 0 Å². The van der Waals surface area contributed by atoms with Gasteiger partial charge in [-0.1, -0.05) is 11.6 Å². The lowest BCUT2D eigenvalue weighted by atomic mass is 10.4. The molecule has 0 aliphatic heterocycles. The van der Waals surface area contributed by atoms with E-state index in [0.717, 1.165) is 0 Å². The molecule has 0 saturated heterocycles. The van der Waals surface area contributed by atoms with Gasteiger partial charge in [0.05, 0.1) is 18.2 Å². The SMILES string of the molecule is O=C(NCCCOCCO)c1cc(Cl)c[nH]1. The number of hydrogen-bond donors (Lipinski definition) is 3. The van der Waals surface area contributed by atoms with E-state index in [0.29, 0.717) is 36.9 Å². The highest BCUT2D eigenvalue weighted by atomic mass is 35.5. The lowest BCUT2D eigenvalue weighted by Gasteiger charge is -2.04. The first-order valence-corrected chi connectivity index (χ1v) is 5.42. The van der Waals surface area contributed by atoms with E-state index in [2.05, 4.69) is 10.3 Å². The van der Waals surface area contributed by atoms with Gasteiger partial charge in [0.15, 0.2) is 0 Å². The number of rotatable bonds is 7. The van der Waals surface area contributed by atoms with Crippen molar-refractivity contribution in [2.45, 2.75) is 6.42 Å². The number of nitrogens with one attached hydrogen (secondary N) is 2. The van der Waals surface area contributed by atoms with E-state index in [-0.39, 0.29) is 12.5 Å². The van der Waals surface area contributed by atoms with Crippen LogP contribution in [-0.4, -0.2) is 42.4 Å². The van der Waals surface area contributed by atoms with Gasteiger partial charge >= 0.3 is 0 Å². The fourth-order valence-corrected chi connectivity index (χ4v) is 1.30. The average Bonchev–Trinajstić information content (AvgIpc) is 2.70. The zero-order valence-electron chi connectivity index (χ0n) is 8.83. The zero-order valence-corrected chi connectivity index (χ0v) is 9.59. The van der Waals surface area contributed by atoms with Crippen molar-refractivity contribution in [1.82, 2.24) is 10.3 Å². The molecule has 16 heavy (non-hydrogen) atoms. The van der Waals surface area contributed by atoms with Crippen LogP contribution in [0.15, 0.2) is 12.3 Å². The van der Waals surface area contributed by atoms with Crippen LogP contribution in [-0.2, 0) is 4.74 Å². The van der Waals surface area contributed by atoms with Crippen molar-refractivity contribution >= 4 is 17.5 Å². The summed E-state index contributed by atoms with van der Waals surface area (Å²) in [5, 5.41) is 11.7. The van der Waals surface area contributed by atoms with E-state index in [1.165, 1.54) is 0 Å². The number of carbonyl (C=O) groups is 1. The zero-order chi connectivity index (χ0) is 11.8. The van der Waals surface area contributed by atoms with Gasteiger partial charge in [0, 0.05) is 19.3 Å². The quantitative estimate of drug-likeness (QED) is 0.623. The molecule has 1 rings (SSSR count). The average molecular weight is 247 g/mol. The molecular weight excluding hydrogens is 232 g/mol. The molecule has 0 fully saturated rings. The molecule has 3 N–H and O–H groups in total. The molecule has 0 aliphatic carbocycles. The van der Waals surface area contributed by atoms with Crippen LogP contribution in [0.5, 0.6) is 0 Å². The Hall–Kier alpha value is -1.04. The highest BCUT2D eigenvalue weighted by molar-refractivity contribution is 6.30. The van der Waals surface area contributed by atoms with Crippen LogP contribution in [0.25, 0.3) is 0 Å². The van der Waals surface area contributed by atoms with Crippen molar-refractivity contribution in [3.8, 4) is 0 Å². The molecule has 0 saturated carbocycles. The van der Waals surface area contributed by atoms with Gasteiger partial charge in [0.1, 0.15) is 5.69 Å². The summed E-state index contributed by atoms with van der Waals surface area (Å²) < 4.78 is 5.04. The summed E-state index contributed by atoms with van der Waals surface area (Å²) >= 11 is 5.67. The second-order valence-corrected chi connectivity index (χ2v) is 3.61. The van der Waals surface area contributed by atoms with Crippen LogP contribution in [0.1, 0.15) is 16.9 Å². The van der Waals surface area contributed by atoms with Gasteiger partial charge in [0.2, 0.25) is 0 Å². The Kier molecular flexibility index (Phi) is 5.92. The van der Waals surface area contributed by atoms with Gasteiger partial charge in [-0.3, -0.25) is 4.79 Å². The van der Waals surface area contributed by atoms with Gasteiger partial charge in [-0.15, -0.1) is 0 Å². The second kappa shape index (κ2) is 7.27. The number of ether oxygens (including phenoxy) is 1. The minimum atomic E-state index is -0.186. The summed E-state index contributed by atoms with van der Waals surface area (Å²) in [6.45, 7) is 1.40. The number of aliphatic hydroxyl groups excluding tert-OH is 1.